The van der Waals surface area contributed by atoms with Gasteiger partial charge in [0.2, 0.25) is 5.91 Å². The van der Waals surface area contributed by atoms with Gasteiger partial charge in [0, 0.05) is 32.4 Å². The summed E-state index contributed by atoms with van der Waals surface area (Å²) in [5.41, 5.74) is 2.74. The Hall–Kier alpha value is -3.54. The molecular formula is C27H31N3O3. The maximum atomic E-state index is 13.7. The minimum Gasteiger partial charge on any atom is -0.459 e. The number of hydrogen-bond donors (Lipinski definition) is 1. The van der Waals surface area contributed by atoms with Gasteiger partial charge in [-0.2, -0.15) is 0 Å². The van der Waals surface area contributed by atoms with Crippen molar-refractivity contribution in [2.45, 2.75) is 44.3 Å². The number of amides is 2. The zero-order valence-corrected chi connectivity index (χ0v) is 19.2. The van der Waals surface area contributed by atoms with E-state index in [-0.39, 0.29) is 23.6 Å². The monoisotopic (exact) mass is 445 g/mol. The Morgan fingerprint density at radius 2 is 1.67 bits per heavy atom. The van der Waals surface area contributed by atoms with E-state index in [1.54, 1.807) is 17.0 Å². The molecule has 1 aliphatic carbocycles. The van der Waals surface area contributed by atoms with Crippen LogP contribution in [-0.2, 0) is 11.3 Å². The maximum Gasteiger partial charge on any atom is 0.290 e. The number of carbonyl (C=O) groups excluding carboxylic acids is 2. The van der Waals surface area contributed by atoms with E-state index in [2.05, 4.69) is 5.32 Å². The molecule has 0 bridgehead atoms. The lowest BCUT2D eigenvalue weighted by Gasteiger charge is -2.32. The molecule has 172 valence electrons. The van der Waals surface area contributed by atoms with Crippen LogP contribution in [0.4, 0.5) is 5.69 Å². The van der Waals surface area contributed by atoms with Gasteiger partial charge in [0.1, 0.15) is 6.04 Å². The molecule has 1 aromatic heterocycles. The Labute approximate surface area is 195 Å². The highest BCUT2D eigenvalue weighted by molar-refractivity contribution is 5.96. The Morgan fingerprint density at radius 1 is 0.970 bits per heavy atom. The van der Waals surface area contributed by atoms with Crippen molar-refractivity contribution >= 4 is 17.5 Å². The Bertz CT molecular complexity index is 1040. The van der Waals surface area contributed by atoms with E-state index in [9.17, 15) is 9.59 Å². The number of furan rings is 1. The first-order chi connectivity index (χ1) is 16.0. The fourth-order valence-corrected chi connectivity index (χ4v) is 4.38. The molecule has 1 N–H and O–H groups in total. The Morgan fingerprint density at radius 3 is 2.27 bits per heavy atom. The van der Waals surface area contributed by atoms with E-state index in [1.165, 1.54) is 6.26 Å². The molecule has 6 heteroatoms. The Kier molecular flexibility index (Phi) is 7.13. The Balaban J connectivity index is 1.73. The molecule has 0 saturated heterocycles. The molecule has 6 nitrogen and oxygen atoms in total. The van der Waals surface area contributed by atoms with Crippen LogP contribution in [0.2, 0.25) is 0 Å². The van der Waals surface area contributed by atoms with Gasteiger partial charge in [-0.25, -0.2) is 0 Å². The first-order valence-corrected chi connectivity index (χ1v) is 11.5. The molecule has 1 aliphatic rings. The smallest absolute Gasteiger partial charge is 0.290 e. The van der Waals surface area contributed by atoms with Crippen LogP contribution in [0.25, 0.3) is 0 Å². The van der Waals surface area contributed by atoms with Crippen molar-refractivity contribution in [2.75, 3.05) is 19.0 Å². The summed E-state index contributed by atoms with van der Waals surface area (Å²) < 4.78 is 5.43. The second-order valence-corrected chi connectivity index (χ2v) is 8.77. The van der Waals surface area contributed by atoms with Crippen molar-refractivity contribution in [3.8, 4) is 0 Å². The molecule has 2 aromatic carbocycles. The number of hydrogen-bond acceptors (Lipinski definition) is 4. The molecule has 4 rings (SSSR count). The van der Waals surface area contributed by atoms with E-state index in [0.717, 1.165) is 42.5 Å². The fraction of sp³-hybridized carbons (Fsp3) is 0.333. The van der Waals surface area contributed by atoms with Gasteiger partial charge in [-0.15, -0.1) is 0 Å². The van der Waals surface area contributed by atoms with Crippen molar-refractivity contribution < 1.29 is 14.0 Å². The van der Waals surface area contributed by atoms with Gasteiger partial charge in [-0.3, -0.25) is 9.59 Å². The lowest BCUT2D eigenvalue weighted by Crippen LogP contribution is -2.45. The predicted molar refractivity (Wildman–Crippen MR) is 129 cm³/mol. The molecule has 3 aromatic rings. The minimum atomic E-state index is -0.778. The van der Waals surface area contributed by atoms with Crippen molar-refractivity contribution in [2.24, 2.45) is 0 Å². The molecule has 1 fully saturated rings. The summed E-state index contributed by atoms with van der Waals surface area (Å²) in [5.74, 6) is -0.253. The SMILES string of the molecule is CN(C)c1ccc([C@@H](C(=O)NC2CCCC2)N(Cc2ccccc2)C(=O)c2ccco2)cc1. The molecule has 33 heavy (non-hydrogen) atoms. The average Bonchev–Trinajstić information content (AvgIpc) is 3.54. The maximum absolute atomic E-state index is 13.7. The summed E-state index contributed by atoms with van der Waals surface area (Å²) in [4.78, 5) is 30.9. The highest BCUT2D eigenvalue weighted by Gasteiger charge is 2.34. The van der Waals surface area contributed by atoms with Crippen molar-refractivity contribution in [1.82, 2.24) is 10.2 Å². The summed E-state index contributed by atoms with van der Waals surface area (Å²) in [5, 5.41) is 3.21. The third-order valence-corrected chi connectivity index (χ3v) is 6.18. The van der Waals surface area contributed by atoms with Crippen LogP contribution in [-0.4, -0.2) is 36.9 Å². The molecule has 1 heterocycles. The zero-order chi connectivity index (χ0) is 23.2. The van der Waals surface area contributed by atoms with Gasteiger partial charge in [0.15, 0.2) is 5.76 Å². The second-order valence-electron chi connectivity index (χ2n) is 8.77. The number of carbonyl (C=O) groups is 2. The number of benzene rings is 2. The first-order valence-electron chi connectivity index (χ1n) is 11.5. The van der Waals surface area contributed by atoms with Crippen molar-refractivity contribution in [1.29, 1.82) is 0 Å². The average molecular weight is 446 g/mol. The molecule has 0 unspecified atom stereocenters. The number of nitrogens with one attached hydrogen (secondary N) is 1. The molecule has 0 aliphatic heterocycles. The molecule has 2 amide bonds. The van der Waals surface area contributed by atoms with Gasteiger partial charge < -0.3 is 19.5 Å². The minimum absolute atomic E-state index is 0.151. The zero-order valence-electron chi connectivity index (χ0n) is 19.2. The van der Waals surface area contributed by atoms with Crippen LogP contribution >= 0.6 is 0 Å². The van der Waals surface area contributed by atoms with Gasteiger partial charge in [-0.05, 0) is 48.2 Å². The van der Waals surface area contributed by atoms with E-state index in [1.807, 2.05) is 73.6 Å². The summed E-state index contributed by atoms with van der Waals surface area (Å²) in [6.07, 6.45) is 5.66. The van der Waals surface area contributed by atoms with E-state index in [4.69, 9.17) is 4.42 Å². The summed E-state index contributed by atoms with van der Waals surface area (Å²) in [7, 11) is 3.95. The van der Waals surface area contributed by atoms with Gasteiger partial charge in [0.25, 0.3) is 5.91 Å². The van der Waals surface area contributed by atoms with E-state index < -0.39 is 6.04 Å². The van der Waals surface area contributed by atoms with Crippen LogP contribution < -0.4 is 10.2 Å². The van der Waals surface area contributed by atoms with Gasteiger partial charge in [-0.1, -0.05) is 55.3 Å². The van der Waals surface area contributed by atoms with Crippen LogP contribution in [0, 0.1) is 0 Å². The lowest BCUT2D eigenvalue weighted by molar-refractivity contribution is -0.126. The number of rotatable bonds is 8. The molecule has 1 atom stereocenters. The number of anilines is 1. The van der Waals surface area contributed by atoms with Gasteiger partial charge >= 0.3 is 0 Å². The van der Waals surface area contributed by atoms with E-state index >= 15 is 0 Å². The third-order valence-electron chi connectivity index (χ3n) is 6.18. The largest absolute Gasteiger partial charge is 0.459 e. The normalized spacial score (nSPS) is 14.6. The predicted octanol–water partition coefficient (Wildman–Crippen LogP) is 4.79. The quantitative estimate of drug-likeness (QED) is 0.542. The third kappa shape index (κ3) is 5.45. The highest BCUT2D eigenvalue weighted by atomic mass is 16.3. The second kappa shape index (κ2) is 10.4. The van der Waals surface area contributed by atoms with Crippen LogP contribution in [0.3, 0.4) is 0 Å². The molecule has 1 saturated carbocycles. The number of nitrogens with zero attached hydrogens (tertiary/aromatic N) is 2. The van der Waals surface area contributed by atoms with Crippen LogP contribution in [0.1, 0.15) is 53.4 Å². The molecule has 0 radical (unpaired) electrons. The molecular weight excluding hydrogens is 414 g/mol. The van der Waals surface area contributed by atoms with Crippen molar-refractivity contribution in [3.05, 3.63) is 89.9 Å². The topological polar surface area (TPSA) is 65.8 Å². The lowest BCUT2D eigenvalue weighted by atomic mass is 10.0. The first kappa shape index (κ1) is 22.6. The summed E-state index contributed by atoms with van der Waals surface area (Å²) >= 11 is 0. The molecule has 0 spiro atoms. The standard InChI is InChI=1S/C27H31N3O3/c1-29(2)23-16-14-21(15-17-23)25(26(31)28-22-11-6-7-12-22)30(19-20-9-4-3-5-10-20)27(32)24-13-8-18-33-24/h3-5,8-10,13-18,22,25H,6-7,11-12,19H2,1-2H3,(H,28,31)/t25-/m0/s1. The fourth-order valence-electron chi connectivity index (χ4n) is 4.38. The van der Waals surface area contributed by atoms with Crippen molar-refractivity contribution in [3.63, 3.8) is 0 Å². The summed E-state index contributed by atoms with van der Waals surface area (Å²) in [6, 6.07) is 20.2. The van der Waals surface area contributed by atoms with Crippen LogP contribution in [0.5, 0.6) is 0 Å². The van der Waals surface area contributed by atoms with Gasteiger partial charge in [0.05, 0.1) is 6.26 Å². The summed E-state index contributed by atoms with van der Waals surface area (Å²) in [6.45, 7) is 0.290. The van der Waals surface area contributed by atoms with E-state index in [0.29, 0.717) is 6.54 Å². The van der Waals surface area contributed by atoms with Crippen LogP contribution in [0.15, 0.2) is 77.4 Å². The highest BCUT2D eigenvalue weighted by Crippen LogP contribution is 2.29.